The molecule has 36 heavy (non-hydrogen) atoms. The maximum absolute atomic E-state index is 12.5. The average Bonchev–Trinajstić information content (AvgIpc) is 2.93. The van der Waals surface area contributed by atoms with Gasteiger partial charge in [-0.05, 0) is 60.8 Å². The molecule has 5 rings (SSSR count). The zero-order chi connectivity index (χ0) is 25.3. The minimum atomic E-state index is -1.22. The maximum Gasteiger partial charge on any atom is 0.219 e. The number of hydrogen-bond donors (Lipinski definition) is 1. The first-order chi connectivity index (χ1) is 17.4. The van der Waals surface area contributed by atoms with Crippen LogP contribution in [0.15, 0.2) is 48.5 Å². The molecule has 0 spiro atoms. The Morgan fingerprint density at radius 1 is 1.08 bits per heavy atom. The molecule has 0 bridgehead atoms. The number of benzene rings is 2. The monoisotopic (exact) mass is 508 g/mol. The Morgan fingerprint density at radius 3 is 2.42 bits per heavy atom. The predicted octanol–water partition coefficient (Wildman–Crippen LogP) is 5.29. The minimum absolute atomic E-state index is 0.0482. The highest BCUT2D eigenvalue weighted by Crippen LogP contribution is 2.45. The van der Waals surface area contributed by atoms with Gasteiger partial charge in [-0.25, -0.2) is 4.98 Å². The van der Waals surface area contributed by atoms with Crippen LogP contribution in [-0.2, 0) is 15.1 Å². The van der Waals surface area contributed by atoms with E-state index in [-0.39, 0.29) is 17.7 Å². The number of ether oxygens (including phenoxy) is 2. The van der Waals surface area contributed by atoms with Crippen molar-refractivity contribution in [1.82, 2.24) is 9.88 Å². The van der Waals surface area contributed by atoms with E-state index in [2.05, 4.69) is 0 Å². The van der Waals surface area contributed by atoms with Crippen molar-refractivity contribution >= 4 is 28.4 Å². The molecule has 0 unspecified atom stereocenters. The third-order valence-corrected chi connectivity index (χ3v) is 8.34. The van der Waals surface area contributed by atoms with Crippen molar-refractivity contribution in [3.8, 4) is 5.88 Å². The third-order valence-electron chi connectivity index (χ3n) is 7.93. The summed E-state index contributed by atoms with van der Waals surface area (Å²) < 4.78 is 11.2. The number of pyridine rings is 1. The second-order valence-corrected chi connectivity index (χ2v) is 10.3. The van der Waals surface area contributed by atoms with Crippen molar-refractivity contribution in [3.05, 3.63) is 70.2 Å². The second kappa shape index (κ2) is 10.4. The molecular formula is C29H33ClN2O4. The number of aromatic nitrogens is 1. The highest BCUT2D eigenvalue weighted by molar-refractivity contribution is 6.36. The quantitative estimate of drug-likeness (QED) is 0.507. The number of hydrogen-bond acceptors (Lipinski definition) is 5. The Morgan fingerprint density at radius 2 is 1.78 bits per heavy atom. The fourth-order valence-corrected chi connectivity index (χ4v) is 6.28. The van der Waals surface area contributed by atoms with Crippen molar-refractivity contribution in [2.24, 2.45) is 5.92 Å². The zero-order valence-electron chi connectivity index (χ0n) is 20.9. The molecule has 2 aromatic carbocycles. The number of nitrogens with zero attached hydrogens (tertiary/aromatic N) is 2. The summed E-state index contributed by atoms with van der Waals surface area (Å²) in [6, 6.07) is 15.7. The Bertz CT molecular complexity index is 1240. The van der Waals surface area contributed by atoms with Crippen LogP contribution >= 0.6 is 11.6 Å². The summed E-state index contributed by atoms with van der Waals surface area (Å²) >= 11 is 7.08. The van der Waals surface area contributed by atoms with Crippen LogP contribution in [-0.4, -0.2) is 54.3 Å². The summed E-state index contributed by atoms with van der Waals surface area (Å²) in [7, 11) is 1.63. The molecule has 2 saturated heterocycles. The molecule has 6 nitrogen and oxygen atoms in total. The van der Waals surface area contributed by atoms with Gasteiger partial charge in [0, 0.05) is 44.2 Å². The number of likely N-dealkylation sites (tertiary alicyclic amines) is 1. The molecule has 0 aliphatic carbocycles. The van der Waals surface area contributed by atoms with Crippen LogP contribution in [0.4, 0.5) is 0 Å². The summed E-state index contributed by atoms with van der Waals surface area (Å²) in [6.07, 6.45) is 3.16. The Balaban J connectivity index is 1.62. The number of halogens is 1. The van der Waals surface area contributed by atoms with Gasteiger partial charge >= 0.3 is 0 Å². The van der Waals surface area contributed by atoms with E-state index in [4.69, 9.17) is 26.1 Å². The number of piperidine rings is 1. The maximum atomic E-state index is 12.5. The first-order valence-corrected chi connectivity index (χ1v) is 13.1. The van der Waals surface area contributed by atoms with Crippen LogP contribution in [0, 0.1) is 5.92 Å². The van der Waals surface area contributed by atoms with Gasteiger partial charge in [-0.2, -0.15) is 0 Å². The van der Waals surface area contributed by atoms with Gasteiger partial charge in [-0.15, -0.1) is 0 Å². The fraction of sp³-hybridized carbons (Fsp3) is 0.448. The number of rotatable bonds is 5. The number of carbonyl (C=O) groups is 1. The molecule has 3 heterocycles. The summed E-state index contributed by atoms with van der Waals surface area (Å²) in [5, 5.41) is 13.9. The number of methoxy groups -OCH3 is 1. The van der Waals surface area contributed by atoms with Crippen LogP contribution in [0.1, 0.15) is 55.2 Å². The molecule has 1 N–H and O–H groups in total. The first kappa shape index (κ1) is 25.0. The Kier molecular flexibility index (Phi) is 7.20. The normalized spacial score (nSPS) is 19.3. The minimum Gasteiger partial charge on any atom is -0.481 e. The molecular weight excluding hydrogens is 476 g/mol. The van der Waals surface area contributed by atoms with E-state index < -0.39 is 5.60 Å². The van der Waals surface area contributed by atoms with E-state index in [1.807, 2.05) is 53.4 Å². The van der Waals surface area contributed by atoms with Gasteiger partial charge in [-0.1, -0.05) is 48.0 Å². The summed E-state index contributed by atoms with van der Waals surface area (Å²) in [5.41, 5.74) is 2.06. The molecule has 0 radical (unpaired) electrons. The van der Waals surface area contributed by atoms with Crippen LogP contribution in [0.5, 0.6) is 5.88 Å². The van der Waals surface area contributed by atoms with E-state index in [9.17, 15) is 9.90 Å². The lowest BCUT2D eigenvalue weighted by Crippen LogP contribution is -2.45. The first-order valence-electron chi connectivity index (χ1n) is 12.7. The van der Waals surface area contributed by atoms with Gasteiger partial charge in [0.1, 0.15) is 5.60 Å². The van der Waals surface area contributed by atoms with Gasteiger partial charge in [0.2, 0.25) is 11.8 Å². The molecule has 2 fully saturated rings. The van der Waals surface area contributed by atoms with Crippen LogP contribution in [0.2, 0.25) is 5.02 Å². The van der Waals surface area contributed by atoms with E-state index >= 15 is 0 Å². The fourth-order valence-electron chi connectivity index (χ4n) is 5.89. The van der Waals surface area contributed by atoms with Crippen molar-refractivity contribution in [1.29, 1.82) is 0 Å². The Hall–Kier alpha value is -2.67. The average molecular weight is 509 g/mol. The van der Waals surface area contributed by atoms with Gasteiger partial charge in [-0.3, -0.25) is 4.79 Å². The van der Waals surface area contributed by atoms with Crippen LogP contribution in [0.3, 0.4) is 0 Å². The third kappa shape index (κ3) is 4.47. The summed E-state index contributed by atoms with van der Waals surface area (Å²) in [5.74, 6) is 0.801. The van der Waals surface area contributed by atoms with Crippen molar-refractivity contribution < 1.29 is 19.4 Å². The molecule has 7 heteroatoms. The van der Waals surface area contributed by atoms with Crippen molar-refractivity contribution in [2.45, 2.75) is 44.1 Å². The number of aliphatic hydroxyl groups is 1. The van der Waals surface area contributed by atoms with E-state index in [1.165, 1.54) is 0 Å². The summed E-state index contributed by atoms with van der Waals surface area (Å²) in [6.45, 7) is 4.25. The number of carbonyl (C=O) groups excluding carboxylic acids is 1. The lowest BCUT2D eigenvalue weighted by atomic mass is 9.71. The van der Waals surface area contributed by atoms with Crippen LogP contribution in [0.25, 0.3) is 10.9 Å². The molecule has 2 aliphatic heterocycles. The number of amides is 1. The molecule has 2 aliphatic rings. The SMILES string of the molecule is COc1nc2ccc([C@](O)(c3ccccc3)C3CCN(C(C)=O)CC3)cc2c(Cl)c1C1CCOCC1. The van der Waals surface area contributed by atoms with Crippen molar-refractivity contribution in [3.63, 3.8) is 0 Å². The highest BCUT2D eigenvalue weighted by atomic mass is 35.5. The van der Waals surface area contributed by atoms with Gasteiger partial charge in [0.25, 0.3) is 0 Å². The molecule has 1 atom stereocenters. The van der Waals surface area contributed by atoms with Gasteiger partial charge in [0.15, 0.2) is 0 Å². The lowest BCUT2D eigenvalue weighted by molar-refractivity contribution is -0.131. The molecule has 1 aromatic heterocycles. The predicted molar refractivity (Wildman–Crippen MR) is 141 cm³/mol. The molecule has 0 saturated carbocycles. The lowest BCUT2D eigenvalue weighted by Gasteiger charge is -2.42. The molecule has 3 aromatic rings. The standard InChI is InChI=1S/C29H33ClN2O4/c1-19(33)32-14-10-22(11-15-32)29(34,21-6-4-3-5-7-21)23-8-9-25-24(18-23)27(30)26(28(31-25)35-2)20-12-16-36-17-13-20/h3-9,18,20,22,34H,10-17H2,1-2H3/t29-/m0/s1. The van der Waals surface area contributed by atoms with Gasteiger partial charge < -0.3 is 19.5 Å². The Labute approximate surface area is 217 Å². The highest BCUT2D eigenvalue weighted by Gasteiger charge is 2.42. The van der Waals surface area contributed by atoms with E-state index in [1.54, 1.807) is 14.0 Å². The van der Waals surface area contributed by atoms with Gasteiger partial charge in [0.05, 0.1) is 17.6 Å². The van der Waals surface area contributed by atoms with Crippen LogP contribution < -0.4 is 4.74 Å². The van der Waals surface area contributed by atoms with E-state index in [0.29, 0.717) is 50.0 Å². The van der Waals surface area contributed by atoms with Crippen molar-refractivity contribution in [2.75, 3.05) is 33.4 Å². The number of fused-ring (bicyclic) bond motifs is 1. The topological polar surface area (TPSA) is 71.9 Å². The largest absolute Gasteiger partial charge is 0.481 e. The summed E-state index contributed by atoms with van der Waals surface area (Å²) in [4.78, 5) is 18.6. The molecule has 1 amide bonds. The smallest absolute Gasteiger partial charge is 0.219 e. The zero-order valence-corrected chi connectivity index (χ0v) is 21.6. The second-order valence-electron chi connectivity index (χ2n) is 9.88. The molecule has 190 valence electrons. The van der Waals surface area contributed by atoms with E-state index in [0.717, 1.165) is 40.4 Å².